The summed E-state index contributed by atoms with van der Waals surface area (Å²) in [6.07, 6.45) is 0. The number of nitrogens with zero attached hydrogens (tertiary/aromatic N) is 1. The number of carbonyl (C=O) groups excluding carboxylic acids is 1. The predicted octanol–water partition coefficient (Wildman–Crippen LogP) is 3.30. The summed E-state index contributed by atoms with van der Waals surface area (Å²) < 4.78 is 0. The quantitative estimate of drug-likeness (QED) is 0.890. The number of amides is 1. The molecule has 2 rings (SSSR count). The Bertz CT molecular complexity index is 645. The fourth-order valence-corrected chi connectivity index (χ4v) is 2.74. The number of rotatable bonds is 5. The molecule has 1 heterocycles. The summed E-state index contributed by atoms with van der Waals surface area (Å²) in [5.74, 6) is -0.142. The molecule has 0 fully saturated rings. The maximum absolute atomic E-state index is 12.2. The second kappa shape index (κ2) is 7.02. The molecule has 0 aliphatic carbocycles. The van der Waals surface area contributed by atoms with Gasteiger partial charge in [0.25, 0.3) is 0 Å². The van der Waals surface area contributed by atoms with Crippen molar-refractivity contribution in [1.82, 2.24) is 5.32 Å². The van der Waals surface area contributed by atoms with Crippen molar-refractivity contribution in [3.63, 3.8) is 0 Å². The van der Waals surface area contributed by atoms with E-state index in [1.54, 1.807) is 11.4 Å². The first kappa shape index (κ1) is 15.2. The van der Waals surface area contributed by atoms with Crippen LogP contribution in [-0.2, 0) is 4.79 Å². The lowest BCUT2D eigenvalue weighted by Crippen LogP contribution is -2.39. The van der Waals surface area contributed by atoms with Gasteiger partial charge in [-0.1, -0.05) is 30.3 Å². The second-order valence-electron chi connectivity index (χ2n) is 4.79. The van der Waals surface area contributed by atoms with Gasteiger partial charge in [0, 0.05) is 6.04 Å². The first-order valence-corrected chi connectivity index (χ1v) is 7.59. The Morgan fingerprint density at radius 1 is 1.24 bits per heavy atom. The predicted molar refractivity (Wildman–Crippen MR) is 85.1 cm³/mol. The number of nitriles is 1. The molecule has 0 aliphatic rings. The molecule has 108 valence electrons. The minimum absolute atomic E-state index is 0.0747. The van der Waals surface area contributed by atoms with Gasteiger partial charge in [-0.05, 0) is 30.9 Å². The maximum atomic E-state index is 12.2. The lowest BCUT2D eigenvalue weighted by atomic mass is 10.1. The van der Waals surface area contributed by atoms with Crippen LogP contribution in [0.25, 0.3) is 0 Å². The minimum Gasteiger partial charge on any atom is -0.315 e. The molecule has 0 radical (unpaired) electrons. The molecular weight excluding hydrogens is 282 g/mol. The van der Waals surface area contributed by atoms with E-state index >= 15 is 0 Å². The number of anilines is 1. The molecule has 4 nitrogen and oxygen atoms in total. The molecular formula is C16H17N3OS. The summed E-state index contributed by atoms with van der Waals surface area (Å²) in [7, 11) is 0. The smallest absolute Gasteiger partial charge is 0.241 e. The molecule has 0 spiro atoms. The zero-order valence-electron chi connectivity index (χ0n) is 12.0. The van der Waals surface area contributed by atoms with E-state index < -0.39 is 0 Å². The van der Waals surface area contributed by atoms with Crippen LogP contribution in [0.15, 0.2) is 41.8 Å². The highest BCUT2D eigenvalue weighted by Crippen LogP contribution is 2.22. The van der Waals surface area contributed by atoms with Gasteiger partial charge in [-0.2, -0.15) is 5.26 Å². The van der Waals surface area contributed by atoms with Crippen LogP contribution in [0.3, 0.4) is 0 Å². The standard InChI is InChI=1S/C16H17N3OS/c1-11(13-6-4-3-5-7-13)18-12(2)15(20)19-16-14(10-17)8-9-21-16/h3-9,11-12,18H,1-2H3,(H,19,20)/t11-,12-/m1/s1. The number of nitrogens with one attached hydrogen (secondary N) is 2. The van der Waals surface area contributed by atoms with Gasteiger partial charge in [-0.3, -0.25) is 10.1 Å². The molecule has 0 bridgehead atoms. The van der Waals surface area contributed by atoms with Crippen LogP contribution in [0.5, 0.6) is 0 Å². The van der Waals surface area contributed by atoms with Gasteiger partial charge in [0.2, 0.25) is 5.91 Å². The first-order valence-electron chi connectivity index (χ1n) is 6.71. The number of hydrogen-bond donors (Lipinski definition) is 2. The SMILES string of the molecule is C[C@@H](N[C@H](C)c1ccccc1)C(=O)Nc1sccc1C#N. The number of carbonyl (C=O) groups is 1. The Morgan fingerprint density at radius 2 is 1.95 bits per heavy atom. The third-order valence-corrected chi connectivity index (χ3v) is 4.05. The maximum Gasteiger partial charge on any atom is 0.241 e. The van der Waals surface area contributed by atoms with Crippen molar-refractivity contribution >= 4 is 22.2 Å². The van der Waals surface area contributed by atoms with Gasteiger partial charge in [-0.25, -0.2) is 0 Å². The summed E-state index contributed by atoms with van der Waals surface area (Å²) in [5, 5.41) is 17.4. The molecule has 0 saturated carbocycles. The Hall–Kier alpha value is -2.16. The van der Waals surface area contributed by atoms with Gasteiger partial charge >= 0.3 is 0 Å². The number of hydrogen-bond acceptors (Lipinski definition) is 4. The molecule has 0 aliphatic heterocycles. The lowest BCUT2D eigenvalue weighted by Gasteiger charge is -2.19. The van der Waals surface area contributed by atoms with E-state index in [9.17, 15) is 4.79 Å². The molecule has 1 aromatic carbocycles. The average molecular weight is 299 g/mol. The molecule has 5 heteroatoms. The van der Waals surface area contributed by atoms with Gasteiger partial charge < -0.3 is 5.32 Å². The van der Waals surface area contributed by atoms with Crippen LogP contribution >= 0.6 is 11.3 Å². The van der Waals surface area contributed by atoms with Crippen molar-refractivity contribution in [1.29, 1.82) is 5.26 Å². The van der Waals surface area contributed by atoms with Gasteiger partial charge in [-0.15, -0.1) is 11.3 Å². The van der Waals surface area contributed by atoms with E-state index in [0.29, 0.717) is 10.6 Å². The third-order valence-electron chi connectivity index (χ3n) is 3.22. The highest BCUT2D eigenvalue weighted by Gasteiger charge is 2.17. The van der Waals surface area contributed by atoms with Gasteiger partial charge in [0.15, 0.2) is 0 Å². The fourth-order valence-electron chi connectivity index (χ4n) is 2.00. The molecule has 2 atom stereocenters. The van der Waals surface area contributed by atoms with E-state index in [1.807, 2.05) is 44.2 Å². The third kappa shape index (κ3) is 3.91. The van der Waals surface area contributed by atoms with Crippen molar-refractivity contribution in [2.75, 3.05) is 5.32 Å². The summed E-state index contributed by atoms with van der Waals surface area (Å²) in [6.45, 7) is 3.83. The Labute approximate surface area is 128 Å². The van der Waals surface area contributed by atoms with E-state index in [2.05, 4.69) is 16.7 Å². The van der Waals surface area contributed by atoms with Crippen molar-refractivity contribution in [2.24, 2.45) is 0 Å². The topological polar surface area (TPSA) is 64.9 Å². The Balaban J connectivity index is 1.96. The molecule has 0 unspecified atom stereocenters. The summed E-state index contributed by atoms with van der Waals surface area (Å²) in [5.41, 5.74) is 1.63. The summed E-state index contributed by atoms with van der Waals surface area (Å²) in [6, 6.07) is 13.4. The molecule has 1 amide bonds. The summed E-state index contributed by atoms with van der Waals surface area (Å²) in [4.78, 5) is 12.2. The highest BCUT2D eigenvalue weighted by atomic mass is 32.1. The van der Waals surface area contributed by atoms with Gasteiger partial charge in [0.05, 0.1) is 11.6 Å². The normalized spacial score (nSPS) is 13.2. The van der Waals surface area contributed by atoms with Gasteiger partial charge in [0.1, 0.15) is 11.1 Å². The van der Waals surface area contributed by atoms with Crippen molar-refractivity contribution < 1.29 is 4.79 Å². The lowest BCUT2D eigenvalue weighted by molar-refractivity contribution is -0.117. The van der Waals surface area contributed by atoms with E-state index in [4.69, 9.17) is 5.26 Å². The van der Waals surface area contributed by atoms with Crippen LogP contribution in [0.2, 0.25) is 0 Å². The van der Waals surface area contributed by atoms with Crippen LogP contribution in [0.4, 0.5) is 5.00 Å². The largest absolute Gasteiger partial charge is 0.315 e. The Morgan fingerprint density at radius 3 is 2.62 bits per heavy atom. The van der Waals surface area contributed by atoms with Crippen molar-refractivity contribution in [3.8, 4) is 6.07 Å². The van der Waals surface area contributed by atoms with Crippen molar-refractivity contribution in [3.05, 3.63) is 52.9 Å². The number of benzene rings is 1. The minimum atomic E-state index is -0.353. The number of thiophene rings is 1. The van der Waals surface area contributed by atoms with Crippen molar-refractivity contribution in [2.45, 2.75) is 25.9 Å². The fraction of sp³-hybridized carbons (Fsp3) is 0.250. The zero-order valence-corrected chi connectivity index (χ0v) is 12.8. The van der Waals surface area contributed by atoms with Crippen LogP contribution in [-0.4, -0.2) is 11.9 Å². The zero-order chi connectivity index (χ0) is 15.2. The molecule has 2 aromatic rings. The highest BCUT2D eigenvalue weighted by molar-refractivity contribution is 7.14. The van der Waals surface area contributed by atoms with E-state index in [1.165, 1.54) is 11.3 Å². The monoisotopic (exact) mass is 299 g/mol. The first-order chi connectivity index (χ1) is 10.1. The van der Waals surface area contributed by atoms with E-state index in [0.717, 1.165) is 5.56 Å². The molecule has 0 saturated heterocycles. The van der Waals surface area contributed by atoms with Crippen LogP contribution < -0.4 is 10.6 Å². The molecule has 2 N–H and O–H groups in total. The molecule has 1 aromatic heterocycles. The Kier molecular flexibility index (Phi) is 5.09. The molecule has 21 heavy (non-hydrogen) atoms. The average Bonchev–Trinajstić information content (AvgIpc) is 2.95. The van der Waals surface area contributed by atoms with E-state index in [-0.39, 0.29) is 18.0 Å². The van der Waals surface area contributed by atoms with Crippen LogP contribution in [0, 0.1) is 11.3 Å². The van der Waals surface area contributed by atoms with Crippen LogP contribution in [0.1, 0.15) is 31.0 Å². The summed E-state index contributed by atoms with van der Waals surface area (Å²) >= 11 is 1.35. The second-order valence-corrected chi connectivity index (χ2v) is 5.70.